The fourth-order valence-electron chi connectivity index (χ4n) is 2.50. The molecule has 1 aromatic carbocycles. The summed E-state index contributed by atoms with van der Waals surface area (Å²) in [4.78, 5) is 16.0. The van der Waals surface area contributed by atoms with Crippen LogP contribution in [0.1, 0.15) is 23.4 Å². The molecule has 3 aromatic rings. The van der Waals surface area contributed by atoms with Crippen LogP contribution in [-0.2, 0) is 24.1 Å². The van der Waals surface area contributed by atoms with Crippen molar-refractivity contribution < 1.29 is 18.0 Å². The maximum absolute atomic E-state index is 12.7. The highest BCUT2D eigenvalue weighted by Crippen LogP contribution is 2.28. The number of hydrogen-bond donors (Lipinski definition) is 1. The molecule has 3 rings (SSSR count). The van der Waals surface area contributed by atoms with Gasteiger partial charge in [0.1, 0.15) is 6.33 Å². The van der Waals surface area contributed by atoms with Crippen LogP contribution < -0.4 is 5.32 Å². The summed E-state index contributed by atoms with van der Waals surface area (Å²) in [6, 6.07) is 8.22. The standard InChI is InChI=1S/C17H16ClF3N6O/c1-11-8-14(17(19,20)21)24-27(11)7-6-15(28)23-16-22-10-26(25-16)9-12-4-2-3-5-13(12)18/h2-5,8,10H,6-7,9H2,1H3,(H,23,25,28). The Hall–Kier alpha value is -2.88. The smallest absolute Gasteiger partial charge is 0.293 e. The van der Waals surface area contributed by atoms with E-state index >= 15 is 0 Å². The average molecular weight is 413 g/mol. The number of halogens is 4. The van der Waals surface area contributed by atoms with E-state index in [4.69, 9.17) is 11.6 Å². The second-order valence-electron chi connectivity index (χ2n) is 6.05. The highest BCUT2D eigenvalue weighted by atomic mass is 35.5. The molecule has 2 heterocycles. The summed E-state index contributed by atoms with van der Waals surface area (Å²) < 4.78 is 40.7. The molecule has 11 heteroatoms. The molecule has 28 heavy (non-hydrogen) atoms. The average Bonchev–Trinajstić information content (AvgIpc) is 3.21. The van der Waals surface area contributed by atoms with E-state index < -0.39 is 17.8 Å². The summed E-state index contributed by atoms with van der Waals surface area (Å²) in [5, 5.41) is 10.7. The van der Waals surface area contributed by atoms with Crippen molar-refractivity contribution in [2.24, 2.45) is 0 Å². The first kappa shape index (κ1) is 19.9. The molecule has 0 bridgehead atoms. The van der Waals surface area contributed by atoms with Gasteiger partial charge in [-0.25, -0.2) is 9.67 Å². The first-order chi connectivity index (χ1) is 13.2. The normalized spacial score (nSPS) is 11.6. The summed E-state index contributed by atoms with van der Waals surface area (Å²) in [7, 11) is 0. The quantitative estimate of drug-likeness (QED) is 0.671. The molecule has 0 aliphatic carbocycles. The van der Waals surface area contributed by atoms with E-state index in [1.807, 2.05) is 18.2 Å². The molecule has 148 valence electrons. The van der Waals surface area contributed by atoms with E-state index in [0.29, 0.717) is 17.3 Å². The Bertz CT molecular complexity index is 981. The molecule has 1 N–H and O–H groups in total. The van der Waals surface area contributed by atoms with Crippen molar-refractivity contribution in [1.82, 2.24) is 24.5 Å². The number of benzene rings is 1. The van der Waals surface area contributed by atoms with Crippen molar-refractivity contribution in [3.8, 4) is 0 Å². The molecule has 7 nitrogen and oxygen atoms in total. The SMILES string of the molecule is Cc1cc(C(F)(F)F)nn1CCC(=O)Nc1ncn(Cc2ccccc2Cl)n1. The molecular formula is C17H16ClF3N6O. The predicted octanol–water partition coefficient (Wildman–Crippen LogP) is 3.53. The molecule has 0 aliphatic heterocycles. The summed E-state index contributed by atoms with van der Waals surface area (Å²) in [5.41, 5.74) is 0.189. The molecule has 0 aliphatic rings. The minimum Gasteiger partial charge on any atom is -0.293 e. The number of anilines is 1. The van der Waals surface area contributed by atoms with Crippen LogP contribution in [0.25, 0.3) is 0 Å². The van der Waals surface area contributed by atoms with E-state index in [1.54, 1.807) is 6.07 Å². The van der Waals surface area contributed by atoms with Gasteiger partial charge < -0.3 is 0 Å². The predicted molar refractivity (Wildman–Crippen MR) is 95.8 cm³/mol. The first-order valence-electron chi connectivity index (χ1n) is 8.27. The zero-order chi connectivity index (χ0) is 20.3. The molecule has 1 amide bonds. The Morgan fingerprint density at radius 1 is 1.25 bits per heavy atom. The Morgan fingerprint density at radius 3 is 2.68 bits per heavy atom. The number of rotatable bonds is 6. The lowest BCUT2D eigenvalue weighted by atomic mass is 10.2. The number of aromatic nitrogens is 5. The van der Waals surface area contributed by atoms with E-state index in [9.17, 15) is 18.0 Å². The molecule has 2 aromatic heterocycles. The van der Waals surface area contributed by atoms with Crippen molar-refractivity contribution in [1.29, 1.82) is 0 Å². The van der Waals surface area contributed by atoms with Crippen LogP contribution in [0, 0.1) is 6.92 Å². The Labute approximate surface area is 163 Å². The van der Waals surface area contributed by atoms with Crippen molar-refractivity contribution in [3.05, 3.63) is 58.6 Å². The second kappa shape index (κ2) is 8.01. The highest BCUT2D eigenvalue weighted by Gasteiger charge is 2.34. The van der Waals surface area contributed by atoms with E-state index in [1.165, 1.54) is 17.9 Å². The van der Waals surface area contributed by atoms with Crippen LogP contribution in [0.4, 0.5) is 19.1 Å². The van der Waals surface area contributed by atoms with Gasteiger partial charge in [0.05, 0.1) is 6.54 Å². The fraction of sp³-hybridized carbons (Fsp3) is 0.294. The third-order valence-corrected chi connectivity index (χ3v) is 4.27. The van der Waals surface area contributed by atoms with Crippen LogP contribution in [0.2, 0.25) is 5.02 Å². The van der Waals surface area contributed by atoms with Gasteiger partial charge in [-0.3, -0.25) is 14.8 Å². The largest absolute Gasteiger partial charge is 0.435 e. The molecule has 0 fully saturated rings. The molecular weight excluding hydrogens is 397 g/mol. The Balaban J connectivity index is 1.55. The third kappa shape index (κ3) is 4.89. The zero-order valence-corrected chi connectivity index (χ0v) is 15.5. The number of nitrogens with one attached hydrogen (secondary N) is 1. The molecule has 0 atom stereocenters. The van der Waals surface area contributed by atoms with Crippen LogP contribution >= 0.6 is 11.6 Å². The Morgan fingerprint density at radius 2 is 2.00 bits per heavy atom. The number of hydrogen-bond acceptors (Lipinski definition) is 4. The van der Waals surface area contributed by atoms with Gasteiger partial charge in [0.2, 0.25) is 11.9 Å². The van der Waals surface area contributed by atoms with Gasteiger partial charge in [-0.2, -0.15) is 18.3 Å². The van der Waals surface area contributed by atoms with Crippen LogP contribution in [0.3, 0.4) is 0 Å². The molecule has 0 unspecified atom stereocenters. The molecule has 0 saturated carbocycles. The van der Waals surface area contributed by atoms with E-state index in [-0.39, 0.29) is 18.9 Å². The highest BCUT2D eigenvalue weighted by molar-refractivity contribution is 6.31. The van der Waals surface area contributed by atoms with E-state index in [0.717, 1.165) is 16.3 Å². The number of carbonyl (C=O) groups is 1. The van der Waals surface area contributed by atoms with Gasteiger partial charge in [0.15, 0.2) is 5.69 Å². The topological polar surface area (TPSA) is 77.6 Å². The number of alkyl halides is 3. The van der Waals surface area contributed by atoms with Gasteiger partial charge in [-0.15, -0.1) is 5.10 Å². The van der Waals surface area contributed by atoms with Crippen molar-refractivity contribution in [2.75, 3.05) is 5.32 Å². The lowest BCUT2D eigenvalue weighted by molar-refractivity contribution is -0.141. The lowest BCUT2D eigenvalue weighted by Gasteiger charge is -2.05. The summed E-state index contributed by atoms with van der Waals surface area (Å²) in [5.74, 6) is -0.329. The van der Waals surface area contributed by atoms with Gasteiger partial charge >= 0.3 is 6.18 Å². The minimum atomic E-state index is -4.52. The van der Waals surface area contributed by atoms with Crippen LogP contribution in [0.5, 0.6) is 0 Å². The van der Waals surface area contributed by atoms with Crippen LogP contribution in [0.15, 0.2) is 36.7 Å². The fourth-order valence-corrected chi connectivity index (χ4v) is 2.69. The molecule has 0 spiro atoms. The number of carbonyl (C=O) groups excluding carboxylic acids is 1. The lowest BCUT2D eigenvalue weighted by Crippen LogP contribution is -2.17. The second-order valence-corrected chi connectivity index (χ2v) is 6.45. The monoisotopic (exact) mass is 412 g/mol. The minimum absolute atomic E-state index is 0.00801. The van der Waals surface area contributed by atoms with Gasteiger partial charge in [-0.05, 0) is 24.6 Å². The maximum atomic E-state index is 12.7. The molecule has 0 radical (unpaired) electrons. The number of nitrogens with zero attached hydrogens (tertiary/aromatic N) is 5. The van der Waals surface area contributed by atoms with Gasteiger partial charge in [0.25, 0.3) is 0 Å². The van der Waals surface area contributed by atoms with Gasteiger partial charge in [0, 0.05) is 23.7 Å². The molecule has 0 saturated heterocycles. The Kier molecular flexibility index (Phi) is 5.68. The summed E-state index contributed by atoms with van der Waals surface area (Å²) >= 11 is 6.10. The van der Waals surface area contributed by atoms with E-state index in [2.05, 4.69) is 20.5 Å². The van der Waals surface area contributed by atoms with Crippen molar-refractivity contribution in [2.45, 2.75) is 32.6 Å². The van der Waals surface area contributed by atoms with Crippen molar-refractivity contribution >= 4 is 23.5 Å². The summed E-state index contributed by atoms with van der Waals surface area (Å²) in [6.07, 6.45) is -3.14. The number of aryl methyl sites for hydroxylation is 2. The van der Waals surface area contributed by atoms with Crippen LogP contribution in [-0.4, -0.2) is 30.5 Å². The van der Waals surface area contributed by atoms with Crippen molar-refractivity contribution in [3.63, 3.8) is 0 Å². The third-order valence-electron chi connectivity index (χ3n) is 3.90. The number of amides is 1. The maximum Gasteiger partial charge on any atom is 0.435 e. The summed E-state index contributed by atoms with van der Waals surface area (Å²) in [6.45, 7) is 1.89. The van der Waals surface area contributed by atoms with Gasteiger partial charge in [-0.1, -0.05) is 29.8 Å². The zero-order valence-electron chi connectivity index (χ0n) is 14.7. The first-order valence-corrected chi connectivity index (χ1v) is 8.64.